The molecule has 26 heavy (non-hydrogen) atoms. The molecule has 3 heteroatoms. The number of rotatable bonds is 6. The Hall–Kier alpha value is -1.35. The largest absolute Gasteiger partial charge is 0.309 e. The van der Waals surface area contributed by atoms with Gasteiger partial charge < -0.3 is 9.80 Å². The predicted molar refractivity (Wildman–Crippen MR) is 109 cm³/mol. The van der Waals surface area contributed by atoms with E-state index in [-0.39, 0.29) is 5.91 Å². The summed E-state index contributed by atoms with van der Waals surface area (Å²) in [5, 5.41) is 0. The molecule has 1 aliphatic heterocycles. The molecule has 1 aromatic rings. The number of likely N-dealkylation sites (tertiary alicyclic amines) is 1. The molecule has 1 saturated heterocycles. The van der Waals surface area contributed by atoms with E-state index in [1.165, 1.54) is 38.5 Å². The van der Waals surface area contributed by atoms with E-state index in [9.17, 15) is 4.79 Å². The highest BCUT2D eigenvalue weighted by molar-refractivity contribution is 5.93. The molecular weight excluding hydrogens is 320 g/mol. The fourth-order valence-corrected chi connectivity index (χ4v) is 5.09. The first-order valence-corrected chi connectivity index (χ1v) is 10.8. The summed E-state index contributed by atoms with van der Waals surface area (Å²) >= 11 is 0. The van der Waals surface area contributed by atoms with Crippen molar-refractivity contribution >= 4 is 11.6 Å². The van der Waals surface area contributed by atoms with Gasteiger partial charge in [0.25, 0.3) is 0 Å². The molecule has 0 radical (unpaired) electrons. The van der Waals surface area contributed by atoms with Gasteiger partial charge in [0, 0.05) is 37.3 Å². The van der Waals surface area contributed by atoms with Crippen molar-refractivity contribution in [1.82, 2.24) is 4.90 Å². The van der Waals surface area contributed by atoms with E-state index in [1.54, 1.807) is 0 Å². The zero-order chi connectivity index (χ0) is 18.4. The van der Waals surface area contributed by atoms with Crippen molar-refractivity contribution in [1.29, 1.82) is 0 Å². The van der Waals surface area contributed by atoms with Crippen LogP contribution in [0.1, 0.15) is 71.6 Å². The van der Waals surface area contributed by atoms with Crippen LogP contribution in [-0.4, -0.2) is 36.0 Å². The number of amides is 1. The van der Waals surface area contributed by atoms with Crippen LogP contribution < -0.4 is 4.90 Å². The fourth-order valence-electron chi connectivity index (χ4n) is 5.09. The molecule has 2 atom stereocenters. The molecule has 1 aliphatic carbocycles. The number of piperidine rings is 1. The van der Waals surface area contributed by atoms with Crippen LogP contribution in [0.4, 0.5) is 5.69 Å². The lowest BCUT2D eigenvalue weighted by Crippen LogP contribution is -2.50. The van der Waals surface area contributed by atoms with E-state index < -0.39 is 0 Å². The van der Waals surface area contributed by atoms with Crippen LogP contribution in [0.3, 0.4) is 0 Å². The van der Waals surface area contributed by atoms with E-state index in [0.717, 1.165) is 43.6 Å². The molecule has 0 aromatic heterocycles. The van der Waals surface area contributed by atoms with Gasteiger partial charge in [-0.3, -0.25) is 4.79 Å². The monoisotopic (exact) mass is 356 g/mol. The second-order valence-corrected chi connectivity index (χ2v) is 8.20. The molecule has 2 fully saturated rings. The van der Waals surface area contributed by atoms with E-state index in [2.05, 4.69) is 28.9 Å². The molecule has 2 aliphatic rings. The molecule has 1 aromatic carbocycles. The Morgan fingerprint density at radius 2 is 1.81 bits per heavy atom. The van der Waals surface area contributed by atoms with Gasteiger partial charge in [-0.05, 0) is 43.7 Å². The maximum atomic E-state index is 12.6. The van der Waals surface area contributed by atoms with Crippen molar-refractivity contribution in [2.75, 3.05) is 18.0 Å². The Balaban J connectivity index is 1.60. The molecular formula is C23H36N2O. The normalized spacial score (nSPS) is 25.2. The van der Waals surface area contributed by atoms with Gasteiger partial charge in [-0.1, -0.05) is 57.7 Å². The molecule has 3 rings (SSSR count). The topological polar surface area (TPSA) is 23.6 Å². The van der Waals surface area contributed by atoms with E-state index in [1.807, 2.05) is 25.1 Å². The molecule has 144 valence electrons. The third-order valence-electron chi connectivity index (χ3n) is 6.44. The summed E-state index contributed by atoms with van der Waals surface area (Å²) in [6.07, 6.45) is 11.1. The van der Waals surface area contributed by atoms with Crippen molar-refractivity contribution < 1.29 is 4.79 Å². The molecule has 0 unspecified atom stereocenters. The quantitative estimate of drug-likeness (QED) is 0.695. The summed E-state index contributed by atoms with van der Waals surface area (Å²) in [6.45, 7) is 6.59. The van der Waals surface area contributed by atoms with Crippen molar-refractivity contribution in [2.24, 2.45) is 5.92 Å². The Bertz CT molecular complexity index is 549. The first-order chi connectivity index (χ1) is 12.7. The zero-order valence-electron chi connectivity index (χ0n) is 16.7. The van der Waals surface area contributed by atoms with Crippen molar-refractivity contribution in [2.45, 2.75) is 83.7 Å². The van der Waals surface area contributed by atoms with Gasteiger partial charge >= 0.3 is 0 Å². The number of hydrogen-bond donors (Lipinski definition) is 0. The Morgan fingerprint density at radius 3 is 2.46 bits per heavy atom. The lowest BCUT2D eigenvalue weighted by Gasteiger charge is -2.43. The summed E-state index contributed by atoms with van der Waals surface area (Å²) in [5.41, 5.74) is 1.07. The maximum absolute atomic E-state index is 12.6. The smallest absolute Gasteiger partial charge is 0.226 e. The van der Waals surface area contributed by atoms with Crippen LogP contribution in [0.25, 0.3) is 0 Å². The molecule has 0 spiro atoms. The van der Waals surface area contributed by atoms with Crippen LogP contribution >= 0.6 is 0 Å². The summed E-state index contributed by atoms with van der Waals surface area (Å²) in [5.74, 6) is 1.20. The van der Waals surface area contributed by atoms with Crippen LogP contribution in [0.15, 0.2) is 30.3 Å². The average molecular weight is 357 g/mol. The van der Waals surface area contributed by atoms with Crippen molar-refractivity contribution in [3.63, 3.8) is 0 Å². The van der Waals surface area contributed by atoms with Crippen LogP contribution in [0, 0.1) is 5.92 Å². The standard InChI is InChI=1S/C23H36N2O/c1-3-9-19-10-8-13-22(18-19)24-16-14-21(15-17-24)25(23(26)4-2)20-11-6-5-7-12-20/h5-7,11-12,19,21-22H,3-4,8-10,13-18H2,1-2H3/t19-,22-/m1/s1. The van der Waals surface area contributed by atoms with Crippen LogP contribution in [0.2, 0.25) is 0 Å². The number of para-hydroxylation sites is 1. The fraction of sp³-hybridized carbons (Fsp3) is 0.696. The van der Waals surface area contributed by atoms with Crippen molar-refractivity contribution in [3.8, 4) is 0 Å². The minimum absolute atomic E-state index is 0.260. The van der Waals surface area contributed by atoms with Crippen LogP contribution in [0.5, 0.6) is 0 Å². The average Bonchev–Trinajstić information content (AvgIpc) is 2.70. The van der Waals surface area contributed by atoms with Gasteiger partial charge in [-0.15, -0.1) is 0 Å². The second-order valence-electron chi connectivity index (χ2n) is 8.20. The number of carbonyl (C=O) groups excluding carboxylic acids is 1. The number of hydrogen-bond acceptors (Lipinski definition) is 2. The Kier molecular flexibility index (Phi) is 7.13. The van der Waals surface area contributed by atoms with Gasteiger partial charge in [0.2, 0.25) is 5.91 Å². The SMILES string of the molecule is CCC[C@@H]1CCC[C@@H](N2CCC(N(C(=O)CC)c3ccccc3)CC2)C1. The zero-order valence-corrected chi connectivity index (χ0v) is 16.7. The lowest BCUT2D eigenvalue weighted by atomic mass is 9.82. The van der Waals surface area contributed by atoms with E-state index in [4.69, 9.17) is 0 Å². The summed E-state index contributed by atoms with van der Waals surface area (Å²) < 4.78 is 0. The third kappa shape index (κ3) is 4.68. The second kappa shape index (κ2) is 9.55. The Labute approximate surface area is 159 Å². The van der Waals surface area contributed by atoms with Gasteiger partial charge in [0.1, 0.15) is 0 Å². The molecule has 1 heterocycles. The number of nitrogens with zero attached hydrogens (tertiary/aromatic N) is 2. The maximum Gasteiger partial charge on any atom is 0.226 e. The highest BCUT2D eigenvalue weighted by Gasteiger charge is 2.32. The Morgan fingerprint density at radius 1 is 1.08 bits per heavy atom. The number of benzene rings is 1. The molecule has 1 amide bonds. The minimum atomic E-state index is 0.260. The highest BCUT2D eigenvalue weighted by atomic mass is 16.2. The van der Waals surface area contributed by atoms with E-state index >= 15 is 0 Å². The summed E-state index contributed by atoms with van der Waals surface area (Å²) in [6, 6.07) is 11.4. The molecule has 3 nitrogen and oxygen atoms in total. The van der Waals surface area contributed by atoms with Gasteiger partial charge in [0.05, 0.1) is 0 Å². The van der Waals surface area contributed by atoms with E-state index in [0.29, 0.717) is 12.5 Å². The van der Waals surface area contributed by atoms with Crippen molar-refractivity contribution in [3.05, 3.63) is 30.3 Å². The first-order valence-electron chi connectivity index (χ1n) is 10.8. The van der Waals surface area contributed by atoms with Gasteiger partial charge in [0.15, 0.2) is 0 Å². The summed E-state index contributed by atoms with van der Waals surface area (Å²) in [7, 11) is 0. The first kappa shape index (κ1) is 19.4. The molecule has 0 N–H and O–H groups in total. The minimum Gasteiger partial charge on any atom is -0.309 e. The van der Waals surface area contributed by atoms with Gasteiger partial charge in [-0.25, -0.2) is 0 Å². The lowest BCUT2D eigenvalue weighted by molar-refractivity contribution is -0.119. The summed E-state index contributed by atoms with van der Waals surface area (Å²) in [4.78, 5) is 17.4. The molecule has 0 bridgehead atoms. The molecule has 1 saturated carbocycles. The highest BCUT2D eigenvalue weighted by Crippen LogP contribution is 2.33. The third-order valence-corrected chi connectivity index (χ3v) is 6.44. The van der Waals surface area contributed by atoms with Gasteiger partial charge in [-0.2, -0.15) is 0 Å². The van der Waals surface area contributed by atoms with Crippen LogP contribution in [-0.2, 0) is 4.79 Å². The predicted octanol–water partition coefficient (Wildman–Crippen LogP) is 5.25. The number of anilines is 1. The number of carbonyl (C=O) groups is 1.